The predicted molar refractivity (Wildman–Crippen MR) is 140 cm³/mol. The number of anilines is 1. The molecule has 1 saturated heterocycles. The van der Waals surface area contributed by atoms with Crippen molar-refractivity contribution >= 4 is 22.4 Å². The van der Waals surface area contributed by atoms with Crippen LogP contribution in [0.3, 0.4) is 0 Å². The average molecular weight is 442 g/mol. The third kappa shape index (κ3) is 6.15. The molecule has 172 valence electrons. The maximum atomic E-state index is 13.0. The highest BCUT2D eigenvalue weighted by Crippen LogP contribution is 2.23. The standard InChI is InChI=1S/C27H29N3O.C2H6/c1-3-6-20-10-11-21(25-8-5-4-7-24(20)25)18-29-27(31)26-17-23(12-9-19(26)2)30-22-13-15-28-16-14-22;1-2/h4-5,7-12,17,22,28,30H,13-16,18H2,1-2H3,(H,29,31);1-2H3. The van der Waals surface area contributed by atoms with Crippen molar-refractivity contribution in [2.24, 2.45) is 0 Å². The Balaban J connectivity index is 0.00000149. The maximum absolute atomic E-state index is 13.0. The summed E-state index contributed by atoms with van der Waals surface area (Å²) in [6.07, 6.45) is 2.20. The highest BCUT2D eigenvalue weighted by molar-refractivity contribution is 5.97. The highest BCUT2D eigenvalue weighted by Gasteiger charge is 2.15. The lowest BCUT2D eigenvalue weighted by Crippen LogP contribution is -2.35. The Morgan fingerprint density at radius 2 is 1.76 bits per heavy atom. The monoisotopic (exact) mass is 441 g/mol. The second-order valence-electron chi connectivity index (χ2n) is 8.07. The molecule has 0 aromatic heterocycles. The number of nitrogens with one attached hydrogen (secondary N) is 3. The van der Waals surface area contributed by atoms with Crippen molar-refractivity contribution in [1.29, 1.82) is 0 Å². The first-order chi connectivity index (χ1) is 16.2. The van der Waals surface area contributed by atoms with Gasteiger partial charge in [0.1, 0.15) is 0 Å². The van der Waals surface area contributed by atoms with Crippen molar-refractivity contribution in [3.63, 3.8) is 0 Å². The summed E-state index contributed by atoms with van der Waals surface area (Å²) in [6.45, 7) is 10.4. The number of hydrogen-bond acceptors (Lipinski definition) is 3. The number of carbonyl (C=O) groups is 1. The van der Waals surface area contributed by atoms with Gasteiger partial charge >= 0.3 is 0 Å². The number of fused-ring (bicyclic) bond motifs is 1. The topological polar surface area (TPSA) is 53.2 Å². The van der Waals surface area contributed by atoms with Crippen LogP contribution in [-0.2, 0) is 6.54 Å². The largest absolute Gasteiger partial charge is 0.382 e. The molecule has 0 saturated carbocycles. The normalized spacial score (nSPS) is 13.3. The summed E-state index contributed by atoms with van der Waals surface area (Å²) in [7, 11) is 0. The zero-order valence-electron chi connectivity index (χ0n) is 20.2. The molecule has 4 nitrogen and oxygen atoms in total. The minimum absolute atomic E-state index is 0.0482. The zero-order chi connectivity index (χ0) is 23.6. The second-order valence-corrected chi connectivity index (χ2v) is 8.07. The molecule has 0 aliphatic carbocycles. The molecule has 4 heteroatoms. The molecule has 0 radical (unpaired) electrons. The molecule has 1 aliphatic rings. The van der Waals surface area contributed by atoms with Gasteiger partial charge in [-0.15, -0.1) is 5.92 Å². The average Bonchev–Trinajstić information content (AvgIpc) is 2.86. The van der Waals surface area contributed by atoms with Gasteiger partial charge in [0.25, 0.3) is 5.91 Å². The molecule has 3 aromatic rings. The van der Waals surface area contributed by atoms with E-state index in [0.29, 0.717) is 12.6 Å². The van der Waals surface area contributed by atoms with Crippen LogP contribution in [-0.4, -0.2) is 25.0 Å². The van der Waals surface area contributed by atoms with Crippen molar-refractivity contribution < 1.29 is 4.79 Å². The molecule has 0 atom stereocenters. The summed E-state index contributed by atoms with van der Waals surface area (Å²) in [6, 6.07) is 18.8. The molecule has 3 N–H and O–H groups in total. The van der Waals surface area contributed by atoms with E-state index in [1.54, 1.807) is 0 Å². The summed E-state index contributed by atoms with van der Waals surface area (Å²) < 4.78 is 0. The number of hydrogen-bond donors (Lipinski definition) is 3. The van der Waals surface area contributed by atoms with Gasteiger partial charge in [0, 0.05) is 29.4 Å². The first-order valence-corrected chi connectivity index (χ1v) is 11.9. The fraction of sp³-hybridized carbons (Fsp3) is 0.345. The molecule has 0 unspecified atom stereocenters. The molecule has 0 bridgehead atoms. The Kier molecular flexibility index (Phi) is 8.92. The molecule has 1 fully saturated rings. The van der Waals surface area contributed by atoms with Crippen LogP contribution in [0.25, 0.3) is 10.8 Å². The molecule has 3 aromatic carbocycles. The van der Waals surface area contributed by atoms with Crippen molar-refractivity contribution in [2.45, 2.75) is 53.1 Å². The molecule has 0 spiro atoms. The number of benzene rings is 3. The number of amides is 1. The van der Waals surface area contributed by atoms with E-state index in [2.05, 4.69) is 52.1 Å². The van der Waals surface area contributed by atoms with Crippen LogP contribution in [0.4, 0.5) is 5.69 Å². The Bertz CT molecular complexity index is 1150. The number of piperidine rings is 1. The summed E-state index contributed by atoms with van der Waals surface area (Å²) in [5.74, 6) is 6.10. The van der Waals surface area contributed by atoms with Gasteiger partial charge in [-0.05, 0) is 79.9 Å². The Morgan fingerprint density at radius 3 is 2.48 bits per heavy atom. The quantitative estimate of drug-likeness (QED) is 0.449. The van der Waals surface area contributed by atoms with Gasteiger partial charge in [-0.1, -0.05) is 56.2 Å². The first-order valence-electron chi connectivity index (χ1n) is 11.9. The van der Waals surface area contributed by atoms with Crippen LogP contribution in [0.1, 0.15) is 60.7 Å². The van der Waals surface area contributed by atoms with E-state index in [4.69, 9.17) is 0 Å². The van der Waals surface area contributed by atoms with E-state index in [0.717, 1.165) is 64.6 Å². The van der Waals surface area contributed by atoms with E-state index in [-0.39, 0.29) is 5.91 Å². The molecule has 1 amide bonds. The van der Waals surface area contributed by atoms with Crippen molar-refractivity contribution in [3.8, 4) is 11.8 Å². The van der Waals surface area contributed by atoms with Crippen LogP contribution < -0.4 is 16.0 Å². The van der Waals surface area contributed by atoms with E-state index in [1.165, 1.54) is 0 Å². The second kappa shape index (κ2) is 12.1. The van der Waals surface area contributed by atoms with Gasteiger partial charge in [-0.3, -0.25) is 4.79 Å². The van der Waals surface area contributed by atoms with Crippen LogP contribution >= 0.6 is 0 Å². The maximum Gasteiger partial charge on any atom is 0.251 e. The van der Waals surface area contributed by atoms with Crippen molar-refractivity contribution in [2.75, 3.05) is 18.4 Å². The summed E-state index contributed by atoms with van der Waals surface area (Å²) in [5.41, 5.74) is 4.81. The van der Waals surface area contributed by atoms with Gasteiger partial charge in [0.05, 0.1) is 0 Å². The Hall–Kier alpha value is -3.29. The Labute approximate surface area is 198 Å². The minimum Gasteiger partial charge on any atom is -0.382 e. The minimum atomic E-state index is -0.0482. The lowest BCUT2D eigenvalue weighted by molar-refractivity contribution is 0.0950. The van der Waals surface area contributed by atoms with Gasteiger partial charge in [0.15, 0.2) is 0 Å². The summed E-state index contributed by atoms with van der Waals surface area (Å²) in [5, 5.41) is 12.3. The molecular formula is C29H35N3O. The van der Waals surface area contributed by atoms with E-state index < -0.39 is 0 Å². The summed E-state index contributed by atoms with van der Waals surface area (Å²) in [4.78, 5) is 13.0. The number of rotatable bonds is 5. The predicted octanol–water partition coefficient (Wildman–Crippen LogP) is 5.64. The highest BCUT2D eigenvalue weighted by atomic mass is 16.1. The number of aryl methyl sites for hydroxylation is 1. The van der Waals surface area contributed by atoms with E-state index in [1.807, 2.05) is 58.0 Å². The molecule has 33 heavy (non-hydrogen) atoms. The summed E-state index contributed by atoms with van der Waals surface area (Å²) >= 11 is 0. The lowest BCUT2D eigenvalue weighted by Gasteiger charge is -2.25. The molecular weight excluding hydrogens is 406 g/mol. The molecule has 4 rings (SSSR count). The fourth-order valence-corrected chi connectivity index (χ4v) is 4.19. The first kappa shape index (κ1) is 24.4. The zero-order valence-corrected chi connectivity index (χ0v) is 20.2. The Morgan fingerprint density at radius 1 is 1.03 bits per heavy atom. The fourth-order valence-electron chi connectivity index (χ4n) is 4.19. The SMILES string of the molecule is CC.CC#Cc1ccc(CNC(=O)c2cc(NC3CCNCC3)ccc2C)c2ccccc12. The van der Waals surface area contributed by atoms with Crippen LogP contribution in [0.2, 0.25) is 0 Å². The third-order valence-electron chi connectivity index (χ3n) is 5.91. The van der Waals surface area contributed by atoms with Crippen molar-refractivity contribution in [1.82, 2.24) is 10.6 Å². The van der Waals surface area contributed by atoms with Crippen LogP contribution in [0.5, 0.6) is 0 Å². The van der Waals surface area contributed by atoms with Crippen LogP contribution in [0.15, 0.2) is 54.6 Å². The molecule has 1 aliphatic heterocycles. The van der Waals surface area contributed by atoms with Gasteiger partial charge < -0.3 is 16.0 Å². The van der Waals surface area contributed by atoms with Gasteiger partial charge in [0.2, 0.25) is 0 Å². The lowest BCUT2D eigenvalue weighted by atomic mass is 9.99. The van der Waals surface area contributed by atoms with E-state index >= 15 is 0 Å². The van der Waals surface area contributed by atoms with Crippen molar-refractivity contribution in [3.05, 3.63) is 76.9 Å². The van der Waals surface area contributed by atoms with E-state index in [9.17, 15) is 4.79 Å². The van der Waals surface area contributed by atoms with Gasteiger partial charge in [-0.25, -0.2) is 0 Å². The smallest absolute Gasteiger partial charge is 0.251 e. The number of carbonyl (C=O) groups excluding carboxylic acids is 1. The third-order valence-corrected chi connectivity index (χ3v) is 5.91. The van der Waals surface area contributed by atoms with Gasteiger partial charge in [-0.2, -0.15) is 0 Å². The van der Waals surface area contributed by atoms with Crippen LogP contribution in [0, 0.1) is 18.8 Å². The molecule has 1 heterocycles.